The predicted octanol–water partition coefficient (Wildman–Crippen LogP) is -0.959. The van der Waals surface area contributed by atoms with Crippen LogP contribution in [-0.2, 0) is 0 Å². The fourth-order valence-electron chi connectivity index (χ4n) is 0.882. The Balaban J connectivity index is 2.45. The zero-order chi connectivity index (χ0) is 7.84. The molecule has 0 aromatic rings. The molecular formula is C5H5N5S. The molecule has 0 saturated heterocycles. The highest BCUT2D eigenvalue weighted by molar-refractivity contribution is 7.82. The summed E-state index contributed by atoms with van der Waals surface area (Å²) in [6.45, 7) is 0. The largest absolute Gasteiger partial charge is 0.341 e. The monoisotopic (exact) mass is 167 g/mol. The van der Waals surface area contributed by atoms with Crippen LogP contribution < -0.4 is 11.1 Å². The molecule has 0 bridgehead atoms. The van der Waals surface area contributed by atoms with E-state index in [1.807, 2.05) is 0 Å². The van der Waals surface area contributed by atoms with Gasteiger partial charge in [0.2, 0.25) is 0 Å². The van der Waals surface area contributed by atoms with Crippen LogP contribution >= 0.6 is 12.2 Å². The molecule has 0 spiro atoms. The van der Waals surface area contributed by atoms with E-state index in [0.717, 1.165) is 0 Å². The summed E-state index contributed by atoms with van der Waals surface area (Å²) in [7, 11) is 0. The Kier molecular flexibility index (Phi) is 1.30. The fraction of sp³-hybridized carbons (Fsp3) is 0.200. The first-order valence-corrected chi connectivity index (χ1v) is 3.43. The number of nitrogens with zero attached hydrogens (tertiary/aromatic N) is 3. The van der Waals surface area contributed by atoms with E-state index < -0.39 is 6.29 Å². The number of amidine groups is 1. The molecule has 2 aliphatic rings. The van der Waals surface area contributed by atoms with Gasteiger partial charge in [0.25, 0.3) is 0 Å². The second kappa shape index (κ2) is 2.18. The summed E-state index contributed by atoms with van der Waals surface area (Å²) in [5.41, 5.74) is 6.08. The predicted molar refractivity (Wildman–Crippen MR) is 47.1 cm³/mol. The molecule has 56 valence electrons. The molecule has 0 saturated carbocycles. The van der Waals surface area contributed by atoms with E-state index in [1.54, 1.807) is 0 Å². The van der Waals surface area contributed by atoms with Crippen molar-refractivity contribution < 1.29 is 0 Å². The van der Waals surface area contributed by atoms with Crippen molar-refractivity contribution in [3.8, 4) is 0 Å². The van der Waals surface area contributed by atoms with Gasteiger partial charge < -0.3 is 5.32 Å². The average Bonchev–Trinajstić information content (AvgIpc) is 2.34. The maximum atomic E-state index is 5.47. The van der Waals surface area contributed by atoms with Crippen LogP contribution in [0.5, 0.6) is 0 Å². The van der Waals surface area contributed by atoms with Crippen LogP contribution in [0, 0.1) is 0 Å². The Hall–Kier alpha value is -1.14. The number of nitrogens with one attached hydrogen (secondary N) is 1. The summed E-state index contributed by atoms with van der Waals surface area (Å²) in [5, 5.41) is 2.76. The zero-order valence-corrected chi connectivity index (χ0v) is 6.30. The Bertz CT molecular complexity index is 302. The lowest BCUT2D eigenvalue weighted by Gasteiger charge is -2.17. The normalized spacial score (nSPS) is 27.4. The van der Waals surface area contributed by atoms with Crippen LogP contribution in [0.15, 0.2) is 15.0 Å². The highest BCUT2D eigenvalue weighted by Crippen LogP contribution is 2.02. The van der Waals surface area contributed by atoms with Crippen molar-refractivity contribution in [1.82, 2.24) is 5.32 Å². The smallest absolute Gasteiger partial charge is 0.181 e. The molecule has 0 fully saturated rings. The topological polar surface area (TPSA) is 75.1 Å². The third-order valence-corrected chi connectivity index (χ3v) is 1.65. The summed E-state index contributed by atoms with van der Waals surface area (Å²) >= 11 is 4.94. The lowest BCUT2D eigenvalue weighted by atomic mass is 10.3. The molecule has 1 atom stereocenters. The fourth-order valence-corrected chi connectivity index (χ4v) is 1.15. The Morgan fingerprint density at radius 2 is 2.45 bits per heavy atom. The van der Waals surface area contributed by atoms with Crippen molar-refractivity contribution in [3.05, 3.63) is 0 Å². The first kappa shape index (κ1) is 6.56. The molecule has 6 heteroatoms. The summed E-state index contributed by atoms with van der Waals surface area (Å²) in [6, 6.07) is 0. The van der Waals surface area contributed by atoms with Crippen molar-refractivity contribution >= 4 is 35.1 Å². The minimum absolute atomic E-state index is 0.480. The Morgan fingerprint density at radius 3 is 3.27 bits per heavy atom. The number of aliphatic imine (C=N–C) groups is 3. The summed E-state index contributed by atoms with van der Waals surface area (Å²) < 4.78 is 0. The molecule has 3 N–H and O–H groups in total. The minimum Gasteiger partial charge on any atom is -0.341 e. The highest BCUT2D eigenvalue weighted by atomic mass is 32.1. The second-order valence-corrected chi connectivity index (χ2v) is 2.50. The van der Waals surface area contributed by atoms with Crippen molar-refractivity contribution in [2.75, 3.05) is 0 Å². The molecule has 0 aromatic carbocycles. The molecule has 0 aromatic heterocycles. The van der Waals surface area contributed by atoms with Gasteiger partial charge in [0.15, 0.2) is 12.1 Å². The molecule has 11 heavy (non-hydrogen) atoms. The quantitative estimate of drug-likeness (QED) is 0.456. The number of thiocarbonyl (C=S) groups is 1. The maximum Gasteiger partial charge on any atom is 0.181 e. The van der Waals surface area contributed by atoms with Gasteiger partial charge >= 0.3 is 0 Å². The molecule has 1 unspecified atom stereocenters. The van der Waals surface area contributed by atoms with Crippen LogP contribution in [0.4, 0.5) is 0 Å². The number of fused-ring (bicyclic) bond motifs is 1. The van der Waals surface area contributed by atoms with Crippen LogP contribution in [0.3, 0.4) is 0 Å². The van der Waals surface area contributed by atoms with Gasteiger partial charge in [-0.25, -0.2) is 15.0 Å². The van der Waals surface area contributed by atoms with Crippen molar-refractivity contribution in [1.29, 1.82) is 0 Å². The second-order valence-electron chi connectivity index (χ2n) is 2.09. The van der Waals surface area contributed by atoms with E-state index in [9.17, 15) is 0 Å². The van der Waals surface area contributed by atoms with Gasteiger partial charge in [-0.15, -0.1) is 0 Å². The molecule has 2 aliphatic heterocycles. The standard InChI is InChI=1S/C5H5N5S/c6-5-9-3-2(4(11)10-5)7-1-8-3/h1,5H,6H2,(H,10,11). The maximum absolute atomic E-state index is 5.47. The van der Waals surface area contributed by atoms with Gasteiger partial charge in [-0.2, -0.15) is 0 Å². The number of hydrogen-bond donors (Lipinski definition) is 2. The third-order valence-electron chi connectivity index (χ3n) is 1.33. The number of rotatable bonds is 0. The summed E-state index contributed by atoms with van der Waals surface area (Å²) in [4.78, 5) is 12.3. The number of nitrogens with two attached hydrogens (primary N) is 1. The molecular weight excluding hydrogens is 162 g/mol. The average molecular weight is 167 g/mol. The lowest BCUT2D eigenvalue weighted by molar-refractivity contribution is 0.672. The minimum atomic E-state index is -0.480. The van der Waals surface area contributed by atoms with Crippen LogP contribution in [-0.4, -0.2) is 29.2 Å². The highest BCUT2D eigenvalue weighted by Gasteiger charge is 2.23. The first-order valence-electron chi connectivity index (χ1n) is 3.02. The summed E-state index contributed by atoms with van der Waals surface area (Å²) in [5.74, 6) is 0.529. The van der Waals surface area contributed by atoms with Crippen LogP contribution in [0.2, 0.25) is 0 Å². The van der Waals surface area contributed by atoms with Crippen molar-refractivity contribution in [2.24, 2.45) is 20.7 Å². The van der Waals surface area contributed by atoms with Gasteiger partial charge in [-0.1, -0.05) is 12.2 Å². The summed E-state index contributed by atoms with van der Waals surface area (Å²) in [6.07, 6.45) is 0.937. The Morgan fingerprint density at radius 1 is 1.64 bits per heavy atom. The molecule has 5 nitrogen and oxygen atoms in total. The van der Waals surface area contributed by atoms with Gasteiger partial charge in [0, 0.05) is 0 Å². The first-order chi connectivity index (χ1) is 5.27. The SMILES string of the molecule is NC1N=C2N=CN=C2C(=S)N1. The van der Waals surface area contributed by atoms with Crippen LogP contribution in [0.25, 0.3) is 0 Å². The molecule has 0 radical (unpaired) electrons. The third kappa shape index (κ3) is 0.958. The van der Waals surface area contributed by atoms with E-state index in [-0.39, 0.29) is 0 Å². The van der Waals surface area contributed by atoms with Gasteiger partial charge in [-0.3, -0.25) is 5.73 Å². The zero-order valence-electron chi connectivity index (χ0n) is 5.48. The van der Waals surface area contributed by atoms with Gasteiger partial charge in [-0.05, 0) is 0 Å². The van der Waals surface area contributed by atoms with Gasteiger partial charge in [0.05, 0.1) is 0 Å². The molecule has 0 amide bonds. The van der Waals surface area contributed by atoms with E-state index in [4.69, 9.17) is 18.0 Å². The Labute approximate surface area is 68.1 Å². The van der Waals surface area contributed by atoms with Crippen molar-refractivity contribution in [2.45, 2.75) is 6.29 Å². The van der Waals surface area contributed by atoms with Crippen LogP contribution in [0.1, 0.15) is 0 Å². The molecule has 2 rings (SSSR count). The van der Waals surface area contributed by atoms with E-state index in [1.165, 1.54) is 6.34 Å². The molecule has 0 aliphatic carbocycles. The van der Waals surface area contributed by atoms with E-state index in [0.29, 0.717) is 16.5 Å². The van der Waals surface area contributed by atoms with E-state index >= 15 is 0 Å². The number of hydrogen-bond acceptors (Lipinski definition) is 5. The van der Waals surface area contributed by atoms with Crippen molar-refractivity contribution in [3.63, 3.8) is 0 Å². The lowest BCUT2D eigenvalue weighted by Crippen LogP contribution is -2.48. The van der Waals surface area contributed by atoms with E-state index in [2.05, 4.69) is 20.3 Å². The molecule has 2 heterocycles. The van der Waals surface area contributed by atoms with Gasteiger partial charge in [0.1, 0.15) is 17.0 Å².